The van der Waals surface area contributed by atoms with E-state index in [1.807, 2.05) is 0 Å². The van der Waals surface area contributed by atoms with E-state index in [9.17, 15) is 9.59 Å². The monoisotopic (exact) mass is 428 g/mol. The van der Waals surface area contributed by atoms with Crippen LogP contribution in [-0.2, 0) is 0 Å². The number of rotatable bonds is 10. The van der Waals surface area contributed by atoms with E-state index in [-0.39, 0.29) is 11.8 Å². The fourth-order valence-corrected chi connectivity index (χ4v) is 2.82. The Morgan fingerprint density at radius 3 is 1.47 bits per heavy atom. The van der Waals surface area contributed by atoms with Gasteiger partial charge in [0.2, 0.25) is 0 Å². The van der Waals surface area contributed by atoms with Gasteiger partial charge in [0.05, 0.1) is 0 Å². The van der Waals surface area contributed by atoms with Gasteiger partial charge >= 0.3 is 0 Å². The zero-order chi connectivity index (χ0) is 22.8. The lowest BCUT2D eigenvalue weighted by Gasteiger charge is -2.10. The number of carbonyl (C=O) groups is 2. The van der Waals surface area contributed by atoms with Crippen molar-refractivity contribution < 1.29 is 19.1 Å². The van der Waals surface area contributed by atoms with Crippen LogP contribution in [-0.4, -0.2) is 25.0 Å². The second kappa shape index (κ2) is 11.2. The molecule has 0 aromatic heterocycles. The molecule has 0 spiro atoms. The van der Waals surface area contributed by atoms with Crippen LogP contribution in [0, 0.1) is 0 Å². The summed E-state index contributed by atoms with van der Waals surface area (Å²) in [6.45, 7) is 7.99. The van der Waals surface area contributed by atoms with Crippen LogP contribution in [0.4, 0.5) is 11.4 Å². The number of hydrogen-bond acceptors (Lipinski definition) is 4. The van der Waals surface area contributed by atoms with Crippen molar-refractivity contribution in [1.29, 1.82) is 0 Å². The number of benzene rings is 3. The van der Waals surface area contributed by atoms with Gasteiger partial charge in [-0.1, -0.05) is 37.4 Å². The summed E-state index contributed by atoms with van der Waals surface area (Å²) < 4.78 is 10.9. The molecule has 162 valence electrons. The Morgan fingerprint density at radius 1 is 0.688 bits per heavy atom. The smallest absolute Gasteiger partial charge is 0.255 e. The minimum Gasteiger partial charge on any atom is -0.489 e. The SMILES string of the molecule is C=CCOc1cccc(NC(=O)c2ccc(C(=O)Nc3cccc(OCC=C)c3)cc2)c1. The quantitative estimate of drug-likeness (QED) is 0.429. The summed E-state index contributed by atoms with van der Waals surface area (Å²) in [7, 11) is 0. The Hall–Kier alpha value is -4.32. The van der Waals surface area contributed by atoms with Gasteiger partial charge < -0.3 is 20.1 Å². The molecule has 3 aromatic rings. The molecule has 3 aromatic carbocycles. The molecule has 0 aliphatic rings. The highest BCUT2D eigenvalue weighted by Crippen LogP contribution is 2.20. The van der Waals surface area contributed by atoms with Crippen LogP contribution in [0.2, 0.25) is 0 Å². The van der Waals surface area contributed by atoms with E-state index < -0.39 is 0 Å². The van der Waals surface area contributed by atoms with Crippen LogP contribution in [0.15, 0.2) is 98.1 Å². The molecule has 0 bridgehead atoms. The van der Waals surface area contributed by atoms with Gasteiger partial charge in [0.25, 0.3) is 11.8 Å². The molecule has 0 atom stereocenters. The highest BCUT2D eigenvalue weighted by molar-refractivity contribution is 6.07. The first-order valence-electron chi connectivity index (χ1n) is 9.99. The van der Waals surface area contributed by atoms with Crippen LogP contribution >= 0.6 is 0 Å². The lowest BCUT2D eigenvalue weighted by atomic mass is 10.1. The maximum absolute atomic E-state index is 12.5. The van der Waals surface area contributed by atoms with E-state index in [4.69, 9.17) is 9.47 Å². The van der Waals surface area contributed by atoms with Gasteiger partial charge in [0, 0.05) is 34.6 Å². The van der Waals surface area contributed by atoms with Gasteiger partial charge in [-0.25, -0.2) is 0 Å². The second-order valence-electron chi connectivity index (χ2n) is 6.74. The summed E-state index contributed by atoms with van der Waals surface area (Å²) in [5, 5.41) is 5.64. The molecule has 0 aliphatic carbocycles. The minimum atomic E-state index is -0.287. The van der Waals surface area contributed by atoms with Crippen molar-refractivity contribution in [3.8, 4) is 11.5 Å². The van der Waals surface area contributed by atoms with E-state index in [0.717, 1.165) is 0 Å². The zero-order valence-electron chi connectivity index (χ0n) is 17.5. The Kier molecular flexibility index (Phi) is 7.81. The molecule has 0 heterocycles. The molecule has 0 saturated heterocycles. The van der Waals surface area contributed by atoms with Crippen molar-refractivity contribution >= 4 is 23.2 Å². The fraction of sp³-hybridized carbons (Fsp3) is 0.0769. The van der Waals surface area contributed by atoms with Crippen molar-refractivity contribution in [2.24, 2.45) is 0 Å². The van der Waals surface area contributed by atoms with E-state index in [2.05, 4.69) is 23.8 Å². The average Bonchev–Trinajstić information content (AvgIpc) is 2.82. The van der Waals surface area contributed by atoms with Gasteiger partial charge in [-0.05, 0) is 48.5 Å². The highest BCUT2D eigenvalue weighted by atomic mass is 16.5. The Labute approximate surface area is 187 Å². The molecule has 2 amide bonds. The Bertz CT molecular complexity index is 1020. The lowest BCUT2D eigenvalue weighted by molar-refractivity contribution is 0.101. The summed E-state index contributed by atoms with van der Waals surface area (Å²) in [5.74, 6) is 0.692. The lowest BCUT2D eigenvalue weighted by Crippen LogP contribution is -2.14. The predicted molar refractivity (Wildman–Crippen MR) is 127 cm³/mol. The molecular weight excluding hydrogens is 404 g/mol. The van der Waals surface area contributed by atoms with Gasteiger partial charge in [0.1, 0.15) is 24.7 Å². The fourth-order valence-electron chi connectivity index (χ4n) is 2.82. The molecule has 0 radical (unpaired) electrons. The number of carbonyl (C=O) groups excluding carboxylic acids is 2. The van der Waals surface area contributed by atoms with Crippen LogP contribution in [0.3, 0.4) is 0 Å². The van der Waals surface area contributed by atoms with Crippen molar-refractivity contribution in [2.45, 2.75) is 0 Å². The molecule has 3 rings (SSSR count). The first-order chi connectivity index (χ1) is 15.6. The van der Waals surface area contributed by atoms with Crippen LogP contribution in [0.1, 0.15) is 20.7 Å². The largest absolute Gasteiger partial charge is 0.489 e. The number of hydrogen-bond donors (Lipinski definition) is 2. The van der Waals surface area contributed by atoms with Crippen LogP contribution in [0.25, 0.3) is 0 Å². The van der Waals surface area contributed by atoms with E-state index in [0.29, 0.717) is 47.2 Å². The van der Waals surface area contributed by atoms with E-state index in [1.54, 1.807) is 84.9 Å². The number of amides is 2. The molecule has 6 heteroatoms. The molecule has 0 fully saturated rings. The second-order valence-corrected chi connectivity index (χ2v) is 6.74. The maximum Gasteiger partial charge on any atom is 0.255 e. The van der Waals surface area contributed by atoms with E-state index in [1.165, 1.54) is 0 Å². The Balaban J connectivity index is 1.61. The van der Waals surface area contributed by atoms with Gasteiger partial charge in [-0.2, -0.15) is 0 Å². The molecule has 32 heavy (non-hydrogen) atoms. The predicted octanol–water partition coefficient (Wildman–Crippen LogP) is 5.32. The molecular formula is C26H24N2O4. The highest BCUT2D eigenvalue weighted by Gasteiger charge is 2.10. The molecule has 0 aliphatic heterocycles. The third kappa shape index (κ3) is 6.34. The molecule has 0 unspecified atom stereocenters. The standard InChI is InChI=1S/C26H24N2O4/c1-3-15-31-23-9-5-7-21(17-23)27-25(29)19-11-13-20(14-12-19)26(30)28-22-8-6-10-24(18-22)32-16-4-2/h3-14,17-18H,1-2,15-16H2,(H,27,29)(H,28,30). The summed E-state index contributed by atoms with van der Waals surface area (Å²) >= 11 is 0. The average molecular weight is 428 g/mol. The summed E-state index contributed by atoms with van der Waals surface area (Å²) in [6.07, 6.45) is 3.30. The third-order valence-electron chi connectivity index (χ3n) is 4.33. The van der Waals surface area contributed by atoms with Crippen molar-refractivity contribution in [2.75, 3.05) is 23.8 Å². The number of anilines is 2. The number of nitrogens with one attached hydrogen (secondary N) is 2. The van der Waals surface area contributed by atoms with E-state index >= 15 is 0 Å². The Morgan fingerprint density at radius 2 is 1.09 bits per heavy atom. The van der Waals surface area contributed by atoms with Crippen molar-refractivity contribution in [3.05, 3.63) is 109 Å². The first-order valence-corrected chi connectivity index (χ1v) is 9.99. The van der Waals surface area contributed by atoms with Crippen LogP contribution in [0.5, 0.6) is 11.5 Å². The number of ether oxygens (including phenoxy) is 2. The normalized spacial score (nSPS) is 10.0. The summed E-state index contributed by atoms with van der Waals surface area (Å²) in [5.41, 5.74) is 2.08. The van der Waals surface area contributed by atoms with Gasteiger partial charge in [0.15, 0.2) is 0 Å². The van der Waals surface area contributed by atoms with Gasteiger partial charge in [-0.3, -0.25) is 9.59 Å². The van der Waals surface area contributed by atoms with Crippen LogP contribution < -0.4 is 20.1 Å². The maximum atomic E-state index is 12.5. The first kappa shape index (κ1) is 22.4. The topological polar surface area (TPSA) is 76.7 Å². The van der Waals surface area contributed by atoms with Gasteiger partial charge in [-0.15, -0.1) is 0 Å². The summed E-state index contributed by atoms with van der Waals surface area (Å²) in [4.78, 5) is 25.1. The van der Waals surface area contributed by atoms with Crippen molar-refractivity contribution in [3.63, 3.8) is 0 Å². The third-order valence-corrected chi connectivity index (χ3v) is 4.33. The van der Waals surface area contributed by atoms with Crippen molar-refractivity contribution in [1.82, 2.24) is 0 Å². The summed E-state index contributed by atoms with van der Waals surface area (Å²) in [6, 6.07) is 20.6. The molecule has 0 saturated carbocycles. The molecule has 6 nitrogen and oxygen atoms in total. The molecule has 2 N–H and O–H groups in total. The zero-order valence-corrected chi connectivity index (χ0v) is 17.5. The minimum absolute atomic E-state index is 0.287.